The van der Waals surface area contributed by atoms with Crippen LogP contribution in [0.3, 0.4) is 0 Å². The Bertz CT molecular complexity index is 1260. The van der Waals surface area contributed by atoms with Gasteiger partial charge in [0.2, 0.25) is 0 Å². The third-order valence-electron chi connectivity index (χ3n) is 5.13. The van der Waals surface area contributed by atoms with Crippen LogP contribution < -0.4 is 9.64 Å². The van der Waals surface area contributed by atoms with Gasteiger partial charge in [0.15, 0.2) is 0 Å². The van der Waals surface area contributed by atoms with Crippen LogP contribution in [-0.4, -0.2) is 23.9 Å². The molecule has 0 aliphatic carbocycles. The van der Waals surface area contributed by atoms with E-state index in [1.54, 1.807) is 30.3 Å². The summed E-state index contributed by atoms with van der Waals surface area (Å²) in [4.78, 5) is 27.3. The predicted molar refractivity (Wildman–Crippen MR) is 121 cm³/mol. The van der Waals surface area contributed by atoms with Gasteiger partial charge in [0.1, 0.15) is 17.3 Å². The van der Waals surface area contributed by atoms with Gasteiger partial charge in [0, 0.05) is 15.7 Å². The highest BCUT2D eigenvalue weighted by Gasteiger charge is 2.47. The normalized spacial score (nSPS) is 17.6. The second kappa shape index (κ2) is 8.65. The predicted octanol–water partition coefficient (Wildman–Crippen LogP) is 5.77. The quantitative estimate of drug-likeness (QED) is 0.298. The van der Waals surface area contributed by atoms with Crippen molar-refractivity contribution in [2.45, 2.75) is 6.04 Å². The number of amides is 1. The molecule has 32 heavy (non-hydrogen) atoms. The fourth-order valence-electron chi connectivity index (χ4n) is 3.70. The minimum absolute atomic E-state index is 0.149. The van der Waals surface area contributed by atoms with Gasteiger partial charge in [0.05, 0.1) is 24.3 Å². The molecule has 1 saturated heterocycles. The standard InChI is InChI=1S/C24H16Cl2FNO4/c1-32-19-10-9-15(26)11-18(19)22(29)20-21(13-5-7-14(25)8-6-13)28(24(31)23(20)30)17-4-2-3-16(27)12-17/h2-12,21,29H,1H3/b22-20+. The Kier molecular flexibility index (Phi) is 5.91. The zero-order chi connectivity index (χ0) is 23.0. The first kappa shape index (κ1) is 21.9. The van der Waals surface area contributed by atoms with Crippen LogP contribution in [0.5, 0.6) is 5.75 Å². The van der Waals surface area contributed by atoms with E-state index in [4.69, 9.17) is 27.9 Å². The molecular formula is C24H16Cl2FNO4. The molecule has 162 valence electrons. The number of anilines is 1. The summed E-state index contributed by atoms with van der Waals surface area (Å²) in [5.74, 6) is -2.59. The molecule has 8 heteroatoms. The minimum atomic E-state index is -1.03. The van der Waals surface area contributed by atoms with Crippen molar-refractivity contribution < 1.29 is 23.8 Å². The van der Waals surface area contributed by atoms with Gasteiger partial charge < -0.3 is 9.84 Å². The largest absolute Gasteiger partial charge is 0.507 e. The Morgan fingerprint density at radius 3 is 2.34 bits per heavy atom. The third kappa shape index (κ3) is 3.83. The number of Topliss-reactive ketones (excluding diaryl/α,β-unsaturated/α-hetero) is 1. The van der Waals surface area contributed by atoms with Gasteiger partial charge in [-0.3, -0.25) is 14.5 Å². The maximum Gasteiger partial charge on any atom is 0.300 e. The monoisotopic (exact) mass is 471 g/mol. The number of rotatable bonds is 4. The average molecular weight is 472 g/mol. The first-order valence-corrected chi connectivity index (χ1v) is 10.2. The number of carbonyl (C=O) groups is 2. The molecule has 0 radical (unpaired) electrons. The zero-order valence-electron chi connectivity index (χ0n) is 16.7. The lowest BCUT2D eigenvalue weighted by atomic mass is 9.95. The molecule has 1 aliphatic heterocycles. The van der Waals surface area contributed by atoms with Crippen molar-refractivity contribution in [2.24, 2.45) is 0 Å². The molecule has 0 spiro atoms. The molecule has 5 nitrogen and oxygen atoms in total. The molecule has 1 heterocycles. The summed E-state index contributed by atoms with van der Waals surface area (Å²) in [5.41, 5.74) is 0.642. The third-order valence-corrected chi connectivity index (χ3v) is 5.62. The van der Waals surface area contributed by atoms with Crippen LogP contribution in [0.1, 0.15) is 17.2 Å². The van der Waals surface area contributed by atoms with Crippen molar-refractivity contribution in [2.75, 3.05) is 12.0 Å². The van der Waals surface area contributed by atoms with Crippen LogP contribution in [0, 0.1) is 5.82 Å². The number of ether oxygens (including phenoxy) is 1. The molecule has 4 rings (SSSR count). The van der Waals surface area contributed by atoms with Gasteiger partial charge in [-0.2, -0.15) is 0 Å². The second-order valence-corrected chi connectivity index (χ2v) is 7.92. The molecule has 1 unspecified atom stereocenters. The molecule has 1 fully saturated rings. The van der Waals surface area contributed by atoms with Crippen LogP contribution in [-0.2, 0) is 9.59 Å². The highest BCUT2D eigenvalue weighted by Crippen LogP contribution is 2.43. The Hall–Kier alpha value is -3.35. The minimum Gasteiger partial charge on any atom is -0.507 e. The Labute approximate surface area is 193 Å². The van der Waals surface area contributed by atoms with Gasteiger partial charge in [0.25, 0.3) is 11.7 Å². The first-order valence-electron chi connectivity index (χ1n) is 9.47. The van der Waals surface area contributed by atoms with E-state index in [-0.39, 0.29) is 22.6 Å². The Balaban J connectivity index is 1.99. The van der Waals surface area contributed by atoms with Gasteiger partial charge in [-0.1, -0.05) is 41.4 Å². The highest BCUT2D eigenvalue weighted by molar-refractivity contribution is 6.51. The average Bonchev–Trinajstić information content (AvgIpc) is 3.04. The molecule has 3 aromatic rings. The zero-order valence-corrected chi connectivity index (χ0v) is 18.2. The molecule has 0 saturated carbocycles. The lowest BCUT2D eigenvalue weighted by Crippen LogP contribution is -2.29. The van der Waals surface area contributed by atoms with E-state index >= 15 is 0 Å². The fourth-order valence-corrected chi connectivity index (χ4v) is 3.99. The molecule has 0 aromatic heterocycles. The molecule has 3 aromatic carbocycles. The van der Waals surface area contributed by atoms with Crippen LogP contribution in [0.2, 0.25) is 10.0 Å². The highest BCUT2D eigenvalue weighted by atomic mass is 35.5. The van der Waals surface area contributed by atoms with Crippen molar-refractivity contribution in [1.82, 2.24) is 0 Å². The van der Waals surface area contributed by atoms with E-state index < -0.39 is 29.3 Å². The number of aliphatic hydroxyl groups is 1. The van der Waals surface area contributed by atoms with Crippen molar-refractivity contribution in [3.05, 3.63) is 99.3 Å². The van der Waals surface area contributed by atoms with Crippen LogP contribution in [0.25, 0.3) is 5.76 Å². The van der Waals surface area contributed by atoms with Crippen molar-refractivity contribution in [3.63, 3.8) is 0 Å². The van der Waals surface area contributed by atoms with Crippen LogP contribution in [0.15, 0.2) is 72.3 Å². The fraction of sp³-hybridized carbons (Fsp3) is 0.0833. The lowest BCUT2D eigenvalue weighted by Gasteiger charge is -2.25. The van der Waals surface area contributed by atoms with E-state index in [2.05, 4.69) is 0 Å². The Morgan fingerprint density at radius 1 is 1.00 bits per heavy atom. The van der Waals surface area contributed by atoms with E-state index in [1.165, 1.54) is 37.4 Å². The molecule has 1 aliphatic rings. The van der Waals surface area contributed by atoms with E-state index in [0.29, 0.717) is 15.6 Å². The number of aliphatic hydroxyl groups excluding tert-OH is 1. The van der Waals surface area contributed by atoms with E-state index in [1.807, 2.05) is 0 Å². The number of hydrogen-bond acceptors (Lipinski definition) is 4. The Morgan fingerprint density at radius 2 is 1.69 bits per heavy atom. The van der Waals surface area contributed by atoms with Crippen molar-refractivity contribution in [1.29, 1.82) is 0 Å². The van der Waals surface area contributed by atoms with Gasteiger partial charge in [-0.05, 0) is 54.1 Å². The molecule has 0 bridgehead atoms. The van der Waals surface area contributed by atoms with Crippen LogP contribution in [0.4, 0.5) is 10.1 Å². The molecule has 1 N–H and O–H groups in total. The summed E-state index contributed by atoms with van der Waals surface area (Å²) < 4.78 is 19.3. The summed E-state index contributed by atoms with van der Waals surface area (Å²) in [6, 6.07) is 15.3. The SMILES string of the molecule is COc1ccc(Cl)cc1/C(O)=C1\C(=O)C(=O)N(c2cccc(F)c2)C1c1ccc(Cl)cc1. The van der Waals surface area contributed by atoms with Gasteiger partial charge in [-0.25, -0.2) is 4.39 Å². The van der Waals surface area contributed by atoms with E-state index in [9.17, 15) is 19.1 Å². The van der Waals surface area contributed by atoms with E-state index in [0.717, 1.165) is 11.0 Å². The maximum absolute atomic E-state index is 14.0. The molecular weight excluding hydrogens is 456 g/mol. The van der Waals surface area contributed by atoms with Crippen LogP contribution >= 0.6 is 23.2 Å². The summed E-state index contributed by atoms with van der Waals surface area (Å²) in [5, 5.41) is 11.9. The van der Waals surface area contributed by atoms with Crippen molar-refractivity contribution in [3.8, 4) is 5.75 Å². The number of halogens is 3. The number of nitrogens with zero attached hydrogens (tertiary/aromatic N) is 1. The maximum atomic E-state index is 14.0. The number of carbonyl (C=O) groups excluding carboxylic acids is 2. The second-order valence-electron chi connectivity index (χ2n) is 7.05. The number of methoxy groups -OCH3 is 1. The number of benzene rings is 3. The summed E-state index contributed by atoms with van der Waals surface area (Å²) in [6.07, 6.45) is 0. The summed E-state index contributed by atoms with van der Waals surface area (Å²) in [6.45, 7) is 0. The van der Waals surface area contributed by atoms with Crippen molar-refractivity contribution >= 4 is 46.3 Å². The van der Waals surface area contributed by atoms with Gasteiger partial charge in [-0.15, -0.1) is 0 Å². The summed E-state index contributed by atoms with van der Waals surface area (Å²) in [7, 11) is 1.40. The lowest BCUT2D eigenvalue weighted by molar-refractivity contribution is -0.132. The number of hydrogen-bond donors (Lipinski definition) is 1. The van der Waals surface area contributed by atoms with Gasteiger partial charge >= 0.3 is 0 Å². The first-order chi connectivity index (χ1) is 15.3. The molecule has 1 atom stereocenters. The molecule has 1 amide bonds. The smallest absolute Gasteiger partial charge is 0.300 e. The summed E-state index contributed by atoms with van der Waals surface area (Å²) >= 11 is 12.1. The number of ketones is 1. The topological polar surface area (TPSA) is 66.8 Å².